The number of benzene rings is 1. The number of fused-ring (bicyclic) bond motifs is 1. The van der Waals surface area contributed by atoms with Crippen LogP contribution in [0.3, 0.4) is 0 Å². The summed E-state index contributed by atoms with van der Waals surface area (Å²) in [6.45, 7) is 4.74. The second kappa shape index (κ2) is 8.37. The fraction of sp³-hybridized carbons (Fsp3) is 0.429. The molecule has 0 unspecified atom stereocenters. The van der Waals surface area contributed by atoms with Gasteiger partial charge in [-0.3, -0.25) is 4.79 Å². The maximum atomic E-state index is 12.3. The van der Waals surface area contributed by atoms with Gasteiger partial charge in [-0.25, -0.2) is 0 Å². The van der Waals surface area contributed by atoms with E-state index in [4.69, 9.17) is 4.74 Å². The fourth-order valence-corrected chi connectivity index (χ4v) is 4.66. The highest BCUT2D eigenvalue weighted by atomic mass is 32.1. The minimum absolute atomic E-state index is 0.0541. The molecule has 1 atom stereocenters. The van der Waals surface area contributed by atoms with Gasteiger partial charge in [-0.2, -0.15) is 5.26 Å². The topological polar surface area (TPSA) is 62.1 Å². The zero-order valence-corrected chi connectivity index (χ0v) is 16.1. The lowest BCUT2D eigenvalue weighted by atomic mass is 9.89. The Labute approximate surface area is 158 Å². The normalized spacial score (nSPS) is 15.8. The molecule has 0 aliphatic heterocycles. The van der Waals surface area contributed by atoms with Crippen LogP contribution in [0.2, 0.25) is 0 Å². The number of nitriles is 1. The van der Waals surface area contributed by atoms with Gasteiger partial charge in [0.25, 0.3) is 0 Å². The van der Waals surface area contributed by atoms with Gasteiger partial charge >= 0.3 is 0 Å². The zero-order chi connectivity index (χ0) is 18.5. The lowest BCUT2D eigenvalue weighted by Gasteiger charge is -2.17. The number of aryl methyl sites for hydroxylation is 1. The van der Waals surface area contributed by atoms with E-state index in [1.54, 1.807) is 11.3 Å². The number of anilines is 1. The van der Waals surface area contributed by atoms with Gasteiger partial charge in [0.2, 0.25) is 5.91 Å². The van der Waals surface area contributed by atoms with Crippen molar-refractivity contribution in [2.75, 3.05) is 11.9 Å². The Morgan fingerprint density at radius 2 is 2.23 bits per heavy atom. The summed E-state index contributed by atoms with van der Waals surface area (Å²) in [6, 6.07) is 10.1. The van der Waals surface area contributed by atoms with E-state index < -0.39 is 0 Å². The van der Waals surface area contributed by atoms with E-state index in [9.17, 15) is 10.1 Å². The molecule has 1 aromatic heterocycles. The predicted molar refractivity (Wildman–Crippen MR) is 105 cm³/mol. The number of amides is 1. The number of para-hydroxylation sites is 1. The number of rotatable bonds is 6. The molecule has 1 heterocycles. The molecule has 0 saturated carbocycles. The molecule has 5 heteroatoms. The highest BCUT2D eigenvalue weighted by Gasteiger charge is 2.24. The first-order valence-electron chi connectivity index (χ1n) is 9.11. The van der Waals surface area contributed by atoms with Crippen molar-refractivity contribution in [3.63, 3.8) is 0 Å². The number of thiophene rings is 1. The lowest BCUT2D eigenvalue weighted by molar-refractivity contribution is -0.116. The number of nitrogens with one attached hydrogen (secondary N) is 1. The largest absolute Gasteiger partial charge is 0.493 e. The molecule has 1 amide bonds. The van der Waals surface area contributed by atoms with Crippen LogP contribution in [0.5, 0.6) is 5.75 Å². The number of carbonyl (C=O) groups excluding carboxylic acids is 1. The van der Waals surface area contributed by atoms with Gasteiger partial charge in [-0.15, -0.1) is 11.3 Å². The average molecular weight is 369 g/mol. The average Bonchev–Trinajstić information content (AvgIpc) is 2.95. The highest BCUT2D eigenvalue weighted by molar-refractivity contribution is 7.16. The number of carbonyl (C=O) groups is 1. The van der Waals surface area contributed by atoms with Crippen LogP contribution in [0, 0.1) is 24.2 Å². The van der Waals surface area contributed by atoms with Gasteiger partial charge in [0.05, 0.1) is 12.2 Å². The summed E-state index contributed by atoms with van der Waals surface area (Å²) in [5, 5.41) is 13.2. The first-order chi connectivity index (χ1) is 12.6. The van der Waals surface area contributed by atoms with Crippen molar-refractivity contribution in [2.45, 2.75) is 46.0 Å². The number of hydrogen-bond donors (Lipinski definition) is 1. The molecule has 26 heavy (non-hydrogen) atoms. The van der Waals surface area contributed by atoms with Gasteiger partial charge in [0, 0.05) is 11.3 Å². The van der Waals surface area contributed by atoms with Crippen LogP contribution in [-0.4, -0.2) is 12.5 Å². The van der Waals surface area contributed by atoms with Crippen molar-refractivity contribution in [1.82, 2.24) is 0 Å². The van der Waals surface area contributed by atoms with Crippen molar-refractivity contribution >= 4 is 22.2 Å². The number of ether oxygens (including phenoxy) is 1. The summed E-state index contributed by atoms with van der Waals surface area (Å²) in [7, 11) is 0. The van der Waals surface area contributed by atoms with Crippen molar-refractivity contribution in [2.24, 2.45) is 5.92 Å². The molecule has 0 bridgehead atoms. The van der Waals surface area contributed by atoms with Crippen LogP contribution in [0.1, 0.15) is 47.8 Å². The van der Waals surface area contributed by atoms with Crippen LogP contribution in [-0.2, 0) is 17.6 Å². The maximum absolute atomic E-state index is 12.3. The van der Waals surface area contributed by atoms with Crippen LogP contribution in [0.15, 0.2) is 24.3 Å². The second-order valence-corrected chi connectivity index (χ2v) is 8.04. The molecule has 0 spiro atoms. The fourth-order valence-electron chi connectivity index (χ4n) is 3.28. The minimum atomic E-state index is -0.0541. The van der Waals surface area contributed by atoms with E-state index >= 15 is 0 Å². The van der Waals surface area contributed by atoms with Crippen molar-refractivity contribution < 1.29 is 9.53 Å². The molecular formula is C21H24N2O2S. The van der Waals surface area contributed by atoms with E-state index in [1.807, 2.05) is 31.2 Å². The van der Waals surface area contributed by atoms with Crippen LogP contribution in [0.25, 0.3) is 0 Å². The zero-order valence-electron chi connectivity index (χ0n) is 15.3. The third kappa shape index (κ3) is 4.25. The molecule has 0 saturated heterocycles. The summed E-state index contributed by atoms with van der Waals surface area (Å²) < 4.78 is 5.73. The van der Waals surface area contributed by atoms with Crippen molar-refractivity contribution in [1.29, 1.82) is 5.26 Å². The molecule has 0 radical (unpaired) electrons. The number of nitrogens with zero attached hydrogens (tertiary/aromatic N) is 1. The highest BCUT2D eigenvalue weighted by Crippen LogP contribution is 2.39. The monoisotopic (exact) mass is 368 g/mol. The maximum Gasteiger partial charge on any atom is 0.225 e. The van der Waals surface area contributed by atoms with Crippen molar-refractivity contribution in [3.05, 3.63) is 45.8 Å². The predicted octanol–water partition coefficient (Wildman–Crippen LogP) is 4.85. The first-order valence-corrected chi connectivity index (χ1v) is 9.93. The molecule has 0 fully saturated rings. The Balaban J connectivity index is 1.52. The smallest absolute Gasteiger partial charge is 0.225 e. The van der Waals surface area contributed by atoms with E-state index in [2.05, 4.69) is 18.3 Å². The quantitative estimate of drug-likeness (QED) is 0.741. The van der Waals surface area contributed by atoms with Crippen LogP contribution >= 0.6 is 11.3 Å². The summed E-state index contributed by atoms with van der Waals surface area (Å²) >= 11 is 1.57. The molecule has 1 aromatic carbocycles. The summed E-state index contributed by atoms with van der Waals surface area (Å²) in [5.74, 6) is 1.45. The standard InChI is InChI=1S/C21H24N2O2S/c1-14-9-10-16-17(13-22)21(26-19(16)12-14)23-20(24)8-5-11-25-18-7-4-3-6-15(18)2/h3-4,6-7,14H,5,8-12H2,1-2H3,(H,23,24)/t14-/m0/s1. The Hall–Kier alpha value is -2.32. The number of hydrogen-bond acceptors (Lipinski definition) is 4. The Morgan fingerprint density at radius 3 is 3.00 bits per heavy atom. The van der Waals surface area contributed by atoms with E-state index in [1.165, 1.54) is 4.88 Å². The summed E-state index contributed by atoms with van der Waals surface area (Å²) in [4.78, 5) is 13.5. The minimum Gasteiger partial charge on any atom is -0.493 e. The molecule has 136 valence electrons. The molecule has 1 N–H and O–H groups in total. The Bertz CT molecular complexity index is 835. The Morgan fingerprint density at radius 1 is 1.42 bits per heavy atom. The summed E-state index contributed by atoms with van der Waals surface area (Å²) in [5.41, 5.74) is 2.91. The summed E-state index contributed by atoms with van der Waals surface area (Å²) in [6.07, 6.45) is 4.09. The van der Waals surface area contributed by atoms with E-state index in [-0.39, 0.29) is 5.91 Å². The van der Waals surface area contributed by atoms with Crippen molar-refractivity contribution in [3.8, 4) is 11.8 Å². The van der Waals surface area contributed by atoms with Gasteiger partial charge in [-0.1, -0.05) is 25.1 Å². The van der Waals surface area contributed by atoms with Gasteiger partial charge in [0.1, 0.15) is 16.8 Å². The first kappa shape index (κ1) is 18.5. The second-order valence-electron chi connectivity index (χ2n) is 6.93. The molecule has 1 aliphatic rings. The molecule has 2 aromatic rings. The van der Waals surface area contributed by atoms with Gasteiger partial charge < -0.3 is 10.1 Å². The van der Waals surface area contributed by atoms with E-state index in [0.29, 0.717) is 30.9 Å². The third-order valence-electron chi connectivity index (χ3n) is 4.78. The van der Waals surface area contributed by atoms with Gasteiger partial charge in [0.15, 0.2) is 0 Å². The lowest BCUT2D eigenvalue weighted by Crippen LogP contribution is -2.13. The Kier molecular flexibility index (Phi) is 5.95. The third-order valence-corrected chi connectivity index (χ3v) is 5.95. The SMILES string of the molecule is Cc1ccccc1OCCCC(=O)Nc1sc2c(c1C#N)CC[C@H](C)C2. The van der Waals surface area contributed by atoms with E-state index in [0.717, 1.165) is 41.1 Å². The molecule has 4 nitrogen and oxygen atoms in total. The van der Waals surface area contributed by atoms with Gasteiger partial charge in [-0.05, 0) is 55.7 Å². The van der Waals surface area contributed by atoms with Crippen LogP contribution < -0.4 is 10.1 Å². The molecular weight excluding hydrogens is 344 g/mol. The van der Waals surface area contributed by atoms with Crippen LogP contribution in [0.4, 0.5) is 5.00 Å². The molecule has 1 aliphatic carbocycles. The molecule has 3 rings (SSSR count).